The van der Waals surface area contributed by atoms with Crippen molar-refractivity contribution in [1.29, 1.82) is 0 Å². The van der Waals surface area contributed by atoms with Gasteiger partial charge in [-0.05, 0) is 18.2 Å². The molecular weight excluding hydrogens is 625 g/mol. The minimum Gasteiger partial charge on any atom is -0.481 e. The Morgan fingerprint density at radius 3 is 2.40 bits per heavy atom. The summed E-state index contributed by atoms with van der Waals surface area (Å²) in [6.45, 7) is -1.32. The molecular formula is C24H18Cl2F6N4O6. The maximum Gasteiger partial charge on any atom is 0.418 e. The second kappa shape index (κ2) is 9.59. The summed E-state index contributed by atoms with van der Waals surface area (Å²) in [5.41, 5.74) is -7.73. The van der Waals surface area contributed by atoms with Gasteiger partial charge in [0.2, 0.25) is 11.8 Å². The van der Waals surface area contributed by atoms with Crippen molar-refractivity contribution in [1.82, 2.24) is 9.88 Å². The average Bonchev–Trinajstić information content (AvgIpc) is 3.46. The van der Waals surface area contributed by atoms with Crippen LogP contribution in [0.5, 0.6) is 5.88 Å². The van der Waals surface area contributed by atoms with E-state index < -0.39 is 89.4 Å². The lowest BCUT2D eigenvalue weighted by Crippen LogP contribution is -2.57. The zero-order valence-electron chi connectivity index (χ0n) is 20.9. The van der Waals surface area contributed by atoms with Gasteiger partial charge in [0, 0.05) is 35.7 Å². The first-order valence-corrected chi connectivity index (χ1v) is 12.6. The second-order valence-electron chi connectivity index (χ2n) is 10.1. The molecule has 3 aliphatic rings. The lowest BCUT2D eigenvalue weighted by Gasteiger charge is -2.37. The van der Waals surface area contributed by atoms with Crippen LogP contribution in [0.1, 0.15) is 17.5 Å². The number of aromatic nitrogens is 1. The Labute approximate surface area is 241 Å². The third kappa shape index (κ3) is 4.34. The number of ether oxygens (including phenoxy) is 1. The van der Waals surface area contributed by atoms with Crippen LogP contribution in [0.3, 0.4) is 0 Å². The molecule has 4 unspecified atom stereocenters. The van der Waals surface area contributed by atoms with Crippen LogP contribution in [-0.4, -0.2) is 69.4 Å². The Balaban J connectivity index is 1.69. The maximum atomic E-state index is 14.1. The quantitative estimate of drug-likeness (QED) is 0.368. The van der Waals surface area contributed by atoms with Crippen LogP contribution < -0.4 is 15.4 Å². The first-order valence-electron chi connectivity index (χ1n) is 11.9. The van der Waals surface area contributed by atoms with Gasteiger partial charge in [-0.25, -0.2) is 0 Å². The van der Waals surface area contributed by atoms with Gasteiger partial charge in [0.15, 0.2) is 5.60 Å². The van der Waals surface area contributed by atoms with Crippen LogP contribution in [0.2, 0.25) is 10.0 Å². The zero-order chi connectivity index (χ0) is 31.2. The zero-order valence-corrected chi connectivity index (χ0v) is 22.4. The fraction of sp³-hybridized carbons (Fsp3) is 0.417. The van der Waals surface area contributed by atoms with E-state index in [2.05, 4.69) is 10.3 Å². The van der Waals surface area contributed by atoms with E-state index in [0.29, 0.717) is 12.1 Å². The molecule has 1 aromatic heterocycles. The van der Waals surface area contributed by atoms with Gasteiger partial charge in [-0.1, -0.05) is 23.2 Å². The van der Waals surface area contributed by atoms with Gasteiger partial charge in [0.25, 0.3) is 5.91 Å². The van der Waals surface area contributed by atoms with Gasteiger partial charge in [-0.2, -0.15) is 31.3 Å². The molecule has 2 amide bonds. The average molecular weight is 643 g/mol. The number of nitrogens with zero attached hydrogens (tertiary/aromatic N) is 2. The highest BCUT2D eigenvalue weighted by Gasteiger charge is 2.76. The number of fused-ring (bicyclic) bond motifs is 4. The Hall–Kier alpha value is -3.34. The maximum absolute atomic E-state index is 14.1. The van der Waals surface area contributed by atoms with Crippen LogP contribution >= 0.6 is 23.2 Å². The van der Waals surface area contributed by atoms with E-state index in [1.807, 2.05) is 5.32 Å². The molecule has 10 nitrogen and oxygen atoms in total. The number of rotatable bonds is 4. The number of amides is 2. The molecule has 2 saturated heterocycles. The number of alkyl halides is 6. The molecule has 1 spiro atoms. The van der Waals surface area contributed by atoms with Crippen molar-refractivity contribution < 1.29 is 55.7 Å². The van der Waals surface area contributed by atoms with E-state index in [-0.39, 0.29) is 21.3 Å². The van der Waals surface area contributed by atoms with Crippen molar-refractivity contribution in [2.75, 3.05) is 24.3 Å². The molecule has 0 aliphatic carbocycles. The molecule has 4 heterocycles. The van der Waals surface area contributed by atoms with Gasteiger partial charge in [0.05, 0.1) is 29.3 Å². The van der Waals surface area contributed by atoms with Gasteiger partial charge < -0.3 is 25.6 Å². The summed E-state index contributed by atoms with van der Waals surface area (Å²) in [5, 5.41) is 25.1. The standard InChI is InChI=1S/C24H18Cl2F6N4O6/c1-42-14-3-8(23(27,28)29)2-13(33-14)34-18(37)15-12-6-21(41,24(30,31)32)7-36(12)22(16(15)19(38)39)10-4-9(25)5-11(26)17(10)35-20(22)40/h2-5,12,15-16,41H,6-7H2,1H3,(H,35,40)(H,38,39)(H,33,34,37)/t12?,15?,16?,21-,22?/m0/s1. The summed E-state index contributed by atoms with van der Waals surface area (Å²) in [6.07, 6.45) is -11.4. The molecule has 0 radical (unpaired) electrons. The summed E-state index contributed by atoms with van der Waals surface area (Å²) in [5.74, 6) is -9.81. The predicted octanol–water partition coefficient (Wildman–Crippen LogP) is 3.90. The van der Waals surface area contributed by atoms with E-state index in [9.17, 15) is 50.9 Å². The number of carbonyl (C=O) groups excluding carboxylic acids is 2. The minimum absolute atomic E-state index is 0.117. The fourth-order valence-corrected chi connectivity index (χ4v) is 6.67. The molecule has 0 bridgehead atoms. The van der Waals surface area contributed by atoms with E-state index in [0.717, 1.165) is 18.1 Å². The number of aliphatic carboxylic acids is 1. The smallest absolute Gasteiger partial charge is 0.418 e. The number of carbonyl (C=O) groups is 3. The number of benzene rings is 1. The number of carboxylic acid groups (broad SMARTS) is 1. The molecule has 5 atom stereocenters. The molecule has 4 N–H and O–H groups in total. The van der Waals surface area contributed by atoms with Crippen LogP contribution in [0.4, 0.5) is 37.8 Å². The number of aliphatic hydroxyl groups is 1. The van der Waals surface area contributed by atoms with E-state index in [4.69, 9.17) is 27.9 Å². The number of nitrogens with one attached hydrogen (secondary N) is 2. The van der Waals surface area contributed by atoms with Crippen LogP contribution in [0.15, 0.2) is 24.3 Å². The Kier molecular flexibility index (Phi) is 6.88. The third-order valence-corrected chi connectivity index (χ3v) is 8.31. The molecule has 1 aromatic carbocycles. The van der Waals surface area contributed by atoms with E-state index >= 15 is 0 Å². The third-order valence-electron chi connectivity index (χ3n) is 7.79. The Morgan fingerprint density at radius 1 is 1.17 bits per heavy atom. The van der Waals surface area contributed by atoms with E-state index in [1.54, 1.807) is 0 Å². The summed E-state index contributed by atoms with van der Waals surface area (Å²) in [6, 6.07) is 1.49. The molecule has 2 aromatic rings. The monoisotopic (exact) mass is 642 g/mol. The first kappa shape index (κ1) is 30.1. The second-order valence-corrected chi connectivity index (χ2v) is 10.9. The largest absolute Gasteiger partial charge is 0.481 e. The highest BCUT2D eigenvalue weighted by atomic mass is 35.5. The van der Waals surface area contributed by atoms with Crippen molar-refractivity contribution >= 4 is 52.5 Å². The van der Waals surface area contributed by atoms with Crippen molar-refractivity contribution in [2.45, 2.75) is 36.0 Å². The molecule has 18 heteroatoms. The first-order chi connectivity index (χ1) is 19.3. The lowest BCUT2D eigenvalue weighted by molar-refractivity contribution is -0.256. The topological polar surface area (TPSA) is 141 Å². The molecule has 0 saturated carbocycles. The number of methoxy groups -OCH3 is 1. The number of pyridine rings is 1. The van der Waals surface area contributed by atoms with Gasteiger partial charge in [-0.15, -0.1) is 0 Å². The molecule has 2 fully saturated rings. The van der Waals surface area contributed by atoms with Crippen molar-refractivity contribution in [3.8, 4) is 5.88 Å². The fourth-order valence-electron chi connectivity index (χ4n) is 6.12. The van der Waals surface area contributed by atoms with Crippen molar-refractivity contribution in [2.24, 2.45) is 11.8 Å². The molecule has 3 aliphatic heterocycles. The SMILES string of the molecule is COc1cc(C(F)(F)F)cc(NC(=O)C2C3C[C@@](O)(C(F)(F)F)CN3C3(C(=O)Nc4c(Cl)cc(Cl)cc43)C2C(=O)O)n1. The molecule has 226 valence electrons. The summed E-state index contributed by atoms with van der Waals surface area (Å²) in [4.78, 5) is 44.6. The Bertz CT molecular complexity index is 1520. The molecule has 5 rings (SSSR count). The van der Waals surface area contributed by atoms with Gasteiger partial charge in [-0.3, -0.25) is 19.3 Å². The predicted molar refractivity (Wildman–Crippen MR) is 132 cm³/mol. The van der Waals surface area contributed by atoms with Crippen molar-refractivity contribution in [3.05, 3.63) is 45.4 Å². The lowest BCUT2D eigenvalue weighted by atomic mass is 9.73. The van der Waals surface area contributed by atoms with Crippen LogP contribution in [-0.2, 0) is 26.1 Å². The molecule has 42 heavy (non-hydrogen) atoms. The van der Waals surface area contributed by atoms with Crippen LogP contribution in [0.25, 0.3) is 0 Å². The Morgan fingerprint density at radius 2 is 1.83 bits per heavy atom. The summed E-state index contributed by atoms with van der Waals surface area (Å²) < 4.78 is 87.2. The number of hydrogen-bond acceptors (Lipinski definition) is 7. The van der Waals surface area contributed by atoms with Crippen molar-refractivity contribution in [3.63, 3.8) is 0 Å². The number of hydrogen-bond donors (Lipinski definition) is 4. The summed E-state index contributed by atoms with van der Waals surface area (Å²) >= 11 is 12.3. The van der Waals surface area contributed by atoms with E-state index in [1.165, 1.54) is 6.07 Å². The minimum atomic E-state index is -5.28. The van der Waals surface area contributed by atoms with Gasteiger partial charge in [0.1, 0.15) is 17.3 Å². The van der Waals surface area contributed by atoms with Gasteiger partial charge >= 0.3 is 18.3 Å². The highest BCUT2D eigenvalue weighted by Crippen LogP contribution is 2.61. The summed E-state index contributed by atoms with van der Waals surface area (Å²) in [7, 11) is 0.996. The highest BCUT2D eigenvalue weighted by molar-refractivity contribution is 6.38. The number of halogens is 8. The normalized spacial score (nSPS) is 28.9. The van der Waals surface area contributed by atoms with Crippen LogP contribution in [0, 0.1) is 11.8 Å². The number of carboxylic acids is 1. The number of anilines is 2.